The van der Waals surface area contributed by atoms with Crippen LogP contribution in [0.1, 0.15) is 26.7 Å². The van der Waals surface area contributed by atoms with E-state index in [4.69, 9.17) is 9.47 Å². The van der Waals surface area contributed by atoms with Gasteiger partial charge in [0.1, 0.15) is 0 Å². The lowest BCUT2D eigenvalue weighted by Gasteiger charge is -2.36. The molecule has 4 heteroatoms. The van der Waals surface area contributed by atoms with E-state index < -0.39 is 0 Å². The summed E-state index contributed by atoms with van der Waals surface area (Å²) in [5.74, 6) is 0. The SMILES string of the molecule is CCOC(=O)N1C(CC)CC=CC1OC. The highest BCUT2D eigenvalue weighted by molar-refractivity contribution is 5.68. The Morgan fingerprint density at radius 2 is 2.27 bits per heavy atom. The zero-order valence-corrected chi connectivity index (χ0v) is 9.60. The molecule has 1 heterocycles. The second-order valence-corrected chi connectivity index (χ2v) is 3.46. The number of carbonyl (C=O) groups excluding carboxylic acids is 1. The van der Waals surface area contributed by atoms with Crippen LogP contribution in [0, 0.1) is 0 Å². The minimum atomic E-state index is -0.291. The number of amides is 1. The fraction of sp³-hybridized carbons (Fsp3) is 0.727. The fourth-order valence-electron chi connectivity index (χ4n) is 1.77. The van der Waals surface area contributed by atoms with Crippen LogP contribution in [0.15, 0.2) is 12.2 Å². The van der Waals surface area contributed by atoms with Gasteiger partial charge in [0.25, 0.3) is 0 Å². The number of nitrogens with zero attached hydrogens (tertiary/aromatic N) is 1. The largest absolute Gasteiger partial charge is 0.450 e. The Bertz CT molecular complexity index is 240. The first-order valence-electron chi connectivity index (χ1n) is 5.39. The summed E-state index contributed by atoms with van der Waals surface area (Å²) in [5.41, 5.74) is 0. The lowest BCUT2D eigenvalue weighted by atomic mass is 10.1. The molecule has 15 heavy (non-hydrogen) atoms. The van der Waals surface area contributed by atoms with Gasteiger partial charge in [-0.15, -0.1) is 0 Å². The van der Waals surface area contributed by atoms with Crippen molar-refractivity contribution in [2.24, 2.45) is 0 Å². The molecule has 0 bridgehead atoms. The van der Waals surface area contributed by atoms with Crippen molar-refractivity contribution in [2.75, 3.05) is 13.7 Å². The Balaban J connectivity index is 2.76. The van der Waals surface area contributed by atoms with Crippen LogP contribution in [0.2, 0.25) is 0 Å². The van der Waals surface area contributed by atoms with Crippen molar-refractivity contribution >= 4 is 6.09 Å². The molecule has 0 radical (unpaired) electrons. The molecular weight excluding hydrogens is 194 g/mol. The maximum atomic E-state index is 11.7. The van der Waals surface area contributed by atoms with Crippen LogP contribution < -0.4 is 0 Å². The average Bonchev–Trinajstić information content (AvgIpc) is 2.28. The van der Waals surface area contributed by atoms with E-state index in [1.165, 1.54) is 0 Å². The van der Waals surface area contributed by atoms with Crippen LogP contribution in [0.4, 0.5) is 4.79 Å². The van der Waals surface area contributed by atoms with Crippen molar-refractivity contribution in [3.63, 3.8) is 0 Å². The predicted molar refractivity (Wildman–Crippen MR) is 57.5 cm³/mol. The smallest absolute Gasteiger partial charge is 0.412 e. The van der Waals surface area contributed by atoms with Crippen LogP contribution in [0.5, 0.6) is 0 Å². The van der Waals surface area contributed by atoms with Crippen molar-refractivity contribution in [3.8, 4) is 0 Å². The summed E-state index contributed by atoms with van der Waals surface area (Å²) in [4.78, 5) is 13.4. The Morgan fingerprint density at radius 1 is 1.53 bits per heavy atom. The normalized spacial score (nSPS) is 25.4. The van der Waals surface area contributed by atoms with Crippen molar-refractivity contribution < 1.29 is 14.3 Å². The van der Waals surface area contributed by atoms with E-state index in [1.807, 2.05) is 6.08 Å². The maximum absolute atomic E-state index is 11.7. The van der Waals surface area contributed by atoms with E-state index in [1.54, 1.807) is 18.9 Å². The van der Waals surface area contributed by atoms with Crippen LogP contribution in [-0.4, -0.2) is 37.0 Å². The number of methoxy groups -OCH3 is 1. The van der Waals surface area contributed by atoms with Gasteiger partial charge in [0, 0.05) is 13.2 Å². The first-order chi connectivity index (χ1) is 7.24. The molecule has 1 rings (SSSR count). The number of hydrogen-bond acceptors (Lipinski definition) is 3. The third-order valence-electron chi connectivity index (χ3n) is 2.57. The highest BCUT2D eigenvalue weighted by Crippen LogP contribution is 2.21. The number of rotatable bonds is 3. The summed E-state index contributed by atoms with van der Waals surface area (Å²) in [6.45, 7) is 4.26. The third-order valence-corrected chi connectivity index (χ3v) is 2.57. The molecule has 2 unspecified atom stereocenters. The minimum Gasteiger partial charge on any atom is -0.450 e. The van der Waals surface area contributed by atoms with Crippen LogP contribution in [0.3, 0.4) is 0 Å². The molecule has 1 aliphatic rings. The van der Waals surface area contributed by atoms with Gasteiger partial charge in [-0.05, 0) is 25.8 Å². The topological polar surface area (TPSA) is 38.8 Å². The summed E-state index contributed by atoms with van der Waals surface area (Å²) in [5, 5.41) is 0. The van der Waals surface area contributed by atoms with Gasteiger partial charge in [-0.1, -0.05) is 13.0 Å². The van der Waals surface area contributed by atoms with E-state index in [0.29, 0.717) is 6.61 Å². The van der Waals surface area contributed by atoms with Gasteiger partial charge in [-0.25, -0.2) is 4.79 Å². The van der Waals surface area contributed by atoms with Gasteiger partial charge in [0.2, 0.25) is 0 Å². The van der Waals surface area contributed by atoms with E-state index in [9.17, 15) is 4.79 Å². The Morgan fingerprint density at radius 3 is 2.80 bits per heavy atom. The zero-order chi connectivity index (χ0) is 11.3. The van der Waals surface area contributed by atoms with Gasteiger partial charge < -0.3 is 9.47 Å². The number of carbonyl (C=O) groups is 1. The third kappa shape index (κ3) is 2.72. The predicted octanol–water partition coefficient (Wildman–Crippen LogP) is 2.16. The van der Waals surface area contributed by atoms with E-state index in [-0.39, 0.29) is 18.4 Å². The molecule has 2 atom stereocenters. The van der Waals surface area contributed by atoms with Crippen LogP contribution in [-0.2, 0) is 9.47 Å². The molecule has 0 N–H and O–H groups in total. The van der Waals surface area contributed by atoms with E-state index >= 15 is 0 Å². The molecular formula is C11H19NO3. The monoisotopic (exact) mass is 213 g/mol. The highest BCUT2D eigenvalue weighted by atomic mass is 16.6. The number of ether oxygens (including phenoxy) is 2. The Kier molecular flexibility index (Phi) is 4.62. The molecule has 0 aromatic carbocycles. The molecule has 0 fully saturated rings. The van der Waals surface area contributed by atoms with Gasteiger partial charge in [0.05, 0.1) is 6.61 Å². The molecule has 1 aliphatic heterocycles. The van der Waals surface area contributed by atoms with Crippen LogP contribution >= 0.6 is 0 Å². The minimum absolute atomic E-state index is 0.180. The molecule has 0 aromatic rings. The number of hydrogen-bond donors (Lipinski definition) is 0. The fourth-order valence-corrected chi connectivity index (χ4v) is 1.77. The molecule has 4 nitrogen and oxygen atoms in total. The Hall–Kier alpha value is -1.03. The average molecular weight is 213 g/mol. The van der Waals surface area contributed by atoms with Crippen molar-refractivity contribution in [3.05, 3.63) is 12.2 Å². The zero-order valence-electron chi connectivity index (χ0n) is 9.60. The standard InChI is InChI=1S/C11H19NO3/c1-4-9-7-6-8-10(14-3)12(9)11(13)15-5-2/h6,8-10H,4-5,7H2,1-3H3. The van der Waals surface area contributed by atoms with Gasteiger partial charge in [0.15, 0.2) is 6.23 Å². The quantitative estimate of drug-likeness (QED) is 0.674. The molecule has 1 amide bonds. The molecule has 86 valence electrons. The van der Waals surface area contributed by atoms with E-state index in [2.05, 4.69) is 13.0 Å². The first-order valence-corrected chi connectivity index (χ1v) is 5.39. The molecule has 0 aliphatic carbocycles. The first kappa shape index (κ1) is 12.0. The lowest BCUT2D eigenvalue weighted by molar-refractivity contribution is -0.0263. The summed E-state index contributed by atoms with van der Waals surface area (Å²) in [6.07, 6.45) is 5.14. The summed E-state index contributed by atoms with van der Waals surface area (Å²) >= 11 is 0. The van der Waals surface area contributed by atoms with Gasteiger partial charge >= 0.3 is 6.09 Å². The van der Waals surface area contributed by atoms with Crippen LogP contribution in [0.25, 0.3) is 0 Å². The summed E-state index contributed by atoms with van der Waals surface area (Å²) < 4.78 is 10.3. The molecule has 0 aromatic heterocycles. The second kappa shape index (κ2) is 5.75. The van der Waals surface area contributed by atoms with Gasteiger partial charge in [-0.3, -0.25) is 4.90 Å². The lowest BCUT2D eigenvalue weighted by Crippen LogP contribution is -2.49. The van der Waals surface area contributed by atoms with Crippen molar-refractivity contribution in [1.82, 2.24) is 4.90 Å². The van der Waals surface area contributed by atoms with E-state index in [0.717, 1.165) is 12.8 Å². The molecule has 0 saturated heterocycles. The molecule has 0 saturated carbocycles. The highest BCUT2D eigenvalue weighted by Gasteiger charge is 2.31. The summed E-state index contributed by atoms with van der Waals surface area (Å²) in [6, 6.07) is 0.180. The van der Waals surface area contributed by atoms with Gasteiger partial charge in [-0.2, -0.15) is 0 Å². The summed E-state index contributed by atoms with van der Waals surface area (Å²) in [7, 11) is 1.60. The van der Waals surface area contributed by atoms with Crippen molar-refractivity contribution in [1.29, 1.82) is 0 Å². The molecule has 0 spiro atoms. The van der Waals surface area contributed by atoms with Crippen molar-refractivity contribution in [2.45, 2.75) is 39.0 Å². The Labute approximate surface area is 90.8 Å². The maximum Gasteiger partial charge on any atom is 0.412 e. The second-order valence-electron chi connectivity index (χ2n) is 3.46.